The molecule has 0 aliphatic heterocycles. The molecule has 0 amide bonds. The Morgan fingerprint density at radius 1 is 1.05 bits per heavy atom. The minimum absolute atomic E-state index is 0.212. The number of ether oxygens (including phenoxy) is 2. The Labute approximate surface area is 134 Å². The molecule has 112 valence electrons. The van der Waals surface area contributed by atoms with Crippen LogP contribution in [0.2, 0.25) is 0 Å². The first-order chi connectivity index (χ1) is 10.2. The van der Waals surface area contributed by atoms with E-state index < -0.39 is 0 Å². The Bertz CT molecular complexity index is 601. The quantitative estimate of drug-likeness (QED) is 0.855. The number of hydrogen-bond donors (Lipinski definition) is 1. The molecule has 2 aromatic rings. The van der Waals surface area contributed by atoms with E-state index in [1.165, 1.54) is 11.1 Å². The van der Waals surface area contributed by atoms with E-state index in [-0.39, 0.29) is 6.04 Å². The van der Waals surface area contributed by atoms with Crippen molar-refractivity contribution in [3.05, 3.63) is 58.1 Å². The summed E-state index contributed by atoms with van der Waals surface area (Å²) >= 11 is 3.61. The van der Waals surface area contributed by atoms with Crippen LogP contribution in [0.15, 0.2) is 46.9 Å². The van der Waals surface area contributed by atoms with Crippen molar-refractivity contribution in [3.63, 3.8) is 0 Å². The second-order valence-electron chi connectivity index (χ2n) is 4.78. The maximum absolute atomic E-state index is 5.31. The van der Waals surface area contributed by atoms with Gasteiger partial charge in [-0.05, 0) is 54.9 Å². The summed E-state index contributed by atoms with van der Waals surface area (Å²) < 4.78 is 11.7. The number of halogens is 1. The average Bonchev–Trinajstić information content (AvgIpc) is 2.54. The number of likely N-dealkylation sites (N-methyl/N-ethyl adjacent to an activating group) is 1. The van der Waals surface area contributed by atoms with Gasteiger partial charge in [0.25, 0.3) is 0 Å². The van der Waals surface area contributed by atoms with Crippen molar-refractivity contribution < 1.29 is 9.47 Å². The summed E-state index contributed by atoms with van der Waals surface area (Å²) in [6, 6.07) is 14.4. The van der Waals surface area contributed by atoms with Gasteiger partial charge in [-0.1, -0.05) is 28.1 Å². The van der Waals surface area contributed by atoms with Crippen LogP contribution in [0.1, 0.15) is 17.2 Å². The lowest BCUT2D eigenvalue weighted by atomic mass is 9.98. The maximum atomic E-state index is 5.31. The molecule has 0 aliphatic rings. The molecule has 0 saturated heterocycles. The van der Waals surface area contributed by atoms with Crippen molar-refractivity contribution in [3.8, 4) is 11.5 Å². The fourth-order valence-electron chi connectivity index (χ4n) is 2.30. The molecule has 0 aromatic heterocycles. The standard InChI is InChI=1S/C17H20BrNO2/c1-19-17(12-5-4-6-14(9-12)20-2)11-13-10-15(21-3)7-8-16(13)18/h4-10,17,19H,11H2,1-3H3. The number of hydrogen-bond acceptors (Lipinski definition) is 3. The van der Waals surface area contributed by atoms with Gasteiger partial charge in [0.2, 0.25) is 0 Å². The molecule has 0 heterocycles. The van der Waals surface area contributed by atoms with E-state index in [2.05, 4.69) is 39.4 Å². The van der Waals surface area contributed by atoms with Crippen LogP contribution in [-0.4, -0.2) is 21.3 Å². The van der Waals surface area contributed by atoms with Crippen molar-refractivity contribution >= 4 is 15.9 Å². The van der Waals surface area contributed by atoms with Crippen LogP contribution in [-0.2, 0) is 6.42 Å². The molecule has 1 unspecified atom stereocenters. The summed E-state index contributed by atoms with van der Waals surface area (Å²) in [5.74, 6) is 1.74. The zero-order valence-electron chi connectivity index (χ0n) is 12.5. The van der Waals surface area contributed by atoms with Crippen LogP contribution >= 0.6 is 15.9 Å². The molecule has 1 N–H and O–H groups in total. The SMILES string of the molecule is CNC(Cc1cc(OC)ccc1Br)c1cccc(OC)c1. The van der Waals surface area contributed by atoms with Gasteiger partial charge in [-0.15, -0.1) is 0 Å². The molecule has 0 aliphatic carbocycles. The van der Waals surface area contributed by atoms with Crippen LogP contribution in [0.3, 0.4) is 0 Å². The molecular weight excluding hydrogens is 330 g/mol. The van der Waals surface area contributed by atoms with E-state index in [9.17, 15) is 0 Å². The lowest BCUT2D eigenvalue weighted by molar-refractivity contribution is 0.412. The molecule has 3 nitrogen and oxygen atoms in total. The minimum atomic E-state index is 0.212. The van der Waals surface area contributed by atoms with Gasteiger partial charge >= 0.3 is 0 Å². The third kappa shape index (κ3) is 3.99. The van der Waals surface area contributed by atoms with Crippen LogP contribution in [0, 0.1) is 0 Å². The third-order valence-corrected chi connectivity index (χ3v) is 4.30. The summed E-state index contributed by atoms with van der Waals surface area (Å²) in [6.07, 6.45) is 0.863. The number of rotatable bonds is 6. The Hall–Kier alpha value is -1.52. The van der Waals surface area contributed by atoms with Crippen molar-refractivity contribution in [2.75, 3.05) is 21.3 Å². The van der Waals surface area contributed by atoms with Gasteiger partial charge in [-0.25, -0.2) is 0 Å². The van der Waals surface area contributed by atoms with Crippen LogP contribution in [0.4, 0.5) is 0 Å². The van der Waals surface area contributed by atoms with Crippen LogP contribution in [0.5, 0.6) is 11.5 Å². The number of benzene rings is 2. The summed E-state index contributed by atoms with van der Waals surface area (Å²) in [4.78, 5) is 0. The molecule has 0 radical (unpaired) electrons. The molecule has 0 bridgehead atoms. The van der Waals surface area contributed by atoms with Gasteiger partial charge < -0.3 is 14.8 Å². The second kappa shape index (κ2) is 7.48. The van der Waals surface area contributed by atoms with Crippen molar-refractivity contribution in [1.82, 2.24) is 5.32 Å². The van der Waals surface area contributed by atoms with Gasteiger partial charge in [0.05, 0.1) is 14.2 Å². The second-order valence-corrected chi connectivity index (χ2v) is 5.63. The highest BCUT2D eigenvalue weighted by Gasteiger charge is 2.13. The molecule has 0 fully saturated rings. The van der Waals surface area contributed by atoms with Crippen molar-refractivity contribution in [2.45, 2.75) is 12.5 Å². The van der Waals surface area contributed by atoms with E-state index in [0.717, 1.165) is 22.4 Å². The van der Waals surface area contributed by atoms with E-state index in [1.54, 1.807) is 14.2 Å². The van der Waals surface area contributed by atoms with Crippen molar-refractivity contribution in [2.24, 2.45) is 0 Å². The lowest BCUT2D eigenvalue weighted by Crippen LogP contribution is -2.19. The highest BCUT2D eigenvalue weighted by atomic mass is 79.9. The molecule has 2 aromatic carbocycles. The largest absolute Gasteiger partial charge is 0.497 e. The fraction of sp³-hybridized carbons (Fsp3) is 0.294. The van der Waals surface area contributed by atoms with Gasteiger partial charge in [-0.2, -0.15) is 0 Å². The van der Waals surface area contributed by atoms with Crippen molar-refractivity contribution in [1.29, 1.82) is 0 Å². The smallest absolute Gasteiger partial charge is 0.119 e. The number of methoxy groups -OCH3 is 2. The molecule has 4 heteroatoms. The summed E-state index contributed by atoms with van der Waals surface area (Å²) in [5, 5.41) is 3.37. The molecule has 1 atom stereocenters. The third-order valence-electron chi connectivity index (χ3n) is 3.52. The van der Waals surface area contributed by atoms with Crippen LogP contribution < -0.4 is 14.8 Å². The highest BCUT2D eigenvalue weighted by molar-refractivity contribution is 9.10. The summed E-state index contributed by atoms with van der Waals surface area (Å²) in [7, 11) is 5.34. The average molecular weight is 350 g/mol. The van der Waals surface area contributed by atoms with Gasteiger partial charge in [-0.3, -0.25) is 0 Å². The Morgan fingerprint density at radius 2 is 1.76 bits per heavy atom. The zero-order valence-corrected chi connectivity index (χ0v) is 14.1. The lowest BCUT2D eigenvalue weighted by Gasteiger charge is -2.18. The minimum Gasteiger partial charge on any atom is -0.497 e. The molecule has 2 rings (SSSR count). The maximum Gasteiger partial charge on any atom is 0.119 e. The van der Waals surface area contributed by atoms with Crippen LogP contribution in [0.25, 0.3) is 0 Å². The van der Waals surface area contributed by atoms with Gasteiger partial charge in [0.15, 0.2) is 0 Å². The first-order valence-corrected chi connectivity index (χ1v) is 7.61. The first-order valence-electron chi connectivity index (χ1n) is 6.81. The molecule has 0 spiro atoms. The number of nitrogens with one attached hydrogen (secondary N) is 1. The van der Waals surface area contributed by atoms with Gasteiger partial charge in [0.1, 0.15) is 11.5 Å². The molecule has 21 heavy (non-hydrogen) atoms. The first kappa shape index (κ1) is 15.9. The Kier molecular flexibility index (Phi) is 5.65. The molecular formula is C17H20BrNO2. The van der Waals surface area contributed by atoms with E-state index in [0.29, 0.717) is 0 Å². The highest BCUT2D eigenvalue weighted by Crippen LogP contribution is 2.28. The van der Waals surface area contributed by atoms with E-state index >= 15 is 0 Å². The predicted molar refractivity (Wildman–Crippen MR) is 89.2 cm³/mol. The summed E-state index contributed by atoms with van der Waals surface area (Å²) in [5.41, 5.74) is 2.41. The monoisotopic (exact) mass is 349 g/mol. The Balaban J connectivity index is 2.26. The van der Waals surface area contributed by atoms with E-state index in [4.69, 9.17) is 9.47 Å². The fourth-order valence-corrected chi connectivity index (χ4v) is 2.71. The normalized spacial score (nSPS) is 12.0. The predicted octanol–water partition coefficient (Wildman–Crippen LogP) is 3.97. The Morgan fingerprint density at radius 3 is 2.43 bits per heavy atom. The summed E-state index contributed by atoms with van der Waals surface area (Å²) in [6.45, 7) is 0. The topological polar surface area (TPSA) is 30.5 Å². The van der Waals surface area contributed by atoms with E-state index in [1.807, 2.05) is 31.3 Å². The zero-order chi connectivity index (χ0) is 15.2. The van der Waals surface area contributed by atoms with Gasteiger partial charge in [0, 0.05) is 10.5 Å². The molecule has 0 saturated carbocycles.